The Kier molecular flexibility index (Phi) is 3.84. The molecule has 110 valence electrons. The molecule has 1 saturated carbocycles. The van der Waals surface area contributed by atoms with Crippen LogP contribution in [0.4, 0.5) is 8.78 Å². The van der Waals surface area contributed by atoms with Crippen molar-refractivity contribution in [3.63, 3.8) is 0 Å². The molecule has 1 heterocycles. The summed E-state index contributed by atoms with van der Waals surface area (Å²) in [5.74, 6) is -1.05. The highest BCUT2D eigenvalue weighted by Crippen LogP contribution is 2.25. The Bertz CT molecular complexity index is 657. The van der Waals surface area contributed by atoms with Gasteiger partial charge in [0, 0.05) is 30.4 Å². The molecule has 0 unspecified atom stereocenters. The molecule has 0 radical (unpaired) electrons. The first kappa shape index (κ1) is 13.9. The third-order valence-electron chi connectivity index (χ3n) is 3.27. The standard InChI is InChI=1S/C16H16F2N2O/c1-10-6-11(9-19-13-3-4-13)7-16(20-10)21-15-8-12(17)2-5-14(15)18/h2,5-8,13,19H,3-4,9H2,1H3. The van der Waals surface area contributed by atoms with Crippen molar-refractivity contribution in [1.29, 1.82) is 0 Å². The number of hydrogen-bond acceptors (Lipinski definition) is 3. The topological polar surface area (TPSA) is 34.1 Å². The number of halogens is 2. The lowest BCUT2D eigenvalue weighted by Gasteiger charge is -2.09. The SMILES string of the molecule is Cc1cc(CNC2CC2)cc(Oc2cc(F)ccc2F)n1. The first-order valence-corrected chi connectivity index (χ1v) is 6.94. The number of nitrogens with one attached hydrogen (secondary N) is 1. The summed E-state index contributed by atoms with van der Waals surface area (Å²) in [4.78, 5) is 4.20. The van der Waals surface area contributed by atoms with E-state index in [0.717, 1.165) is 36.0 Å². The van der Waals surface area contributed by atoms with Gasteiger partial charge in [-0.05, 0) is 43.5 Å². The van der Waals surface area contributed by atoms with E-state index in [1.807, 2.05) is 13.0 Å². The summed E-state index contributed by atoms with van der Waals surface area (Å²) in [6, 6.07) is 7.40. The molecule has 1 aliphatic rings. The molecule has 1 aromatic heterocycles. The minimum absolute atomic E-state index is 0.158. The van der Waals surface area contributed by atoms with Gasteiger partial charge in [-0.3, -0.25) is 0 Å². The number of pyridine rings is 1. The van der Waals surface area contributed by atoms with Gasteiger partial charge in [-0.15, -0.1) is 0 Å². The van der Waals surface area contributed by atoms with E-state index in [-0.39, 0.29) is 11.6 Å². The second-order valence-electron chi connectivity index (χ2n) is 5.29. The van der Waals surface area contributed by atoms with Gasteiger partial charge in [0.05, 0.1) is 0 Å². The van der Waals surface area contributed by atoms with Crippen molar-refractivity contribution in [3.05, 3.63) is 53.2 Å². The van der Waals surface area contributed by atoms with E-state index in [1.54, 1.807) is 6.07 Å². The third-order valence-corrected chi connectivity index (χ3v) is 3.27. The summed E-state index contributed by atoms with van der Waals surface area (Å²) in [5, 5.41) is 3.39. The molecule has 1 aliphatic carbocycles. The number of rotatable bonds is 5. The maximum atomic E-state index is 13.6. The number of hydrogen-bond donors (Lipinski definition) is 1. The fraction of sp³-hybridized carbons (Fsp3) is 0.312. The lowest BCUT2D eigenvalue weighted by molar-refractivity contribution is 0.421. The molecule has 0 aliphatic heterocycles. The van der Waals surface area contributed by atoms with E-state index in [4.69, 9.17) is 4.74 Å². The molecule has 1 aromatic carbocycles. The van der Waals surface area contributed by atoms with Crippen LogP contribution in [0.5, 0.6) is 11.6 Å². The molecule has 0 amide bonds. The molecule has 0 bridgehead atoms. The van der Waals surface area contributed by atoms with Crippen molar-refractivity contribution >= 4 is 0 Å². The fourth-order valence-electron chi connectivity index (χ4n) is 2.08. The summed E-state index contributed by atoms with van der Waals surface area (Å²) in [6.07, 6.45) is 2.42. The van der Waals surface area contributed by atoms with E-state index in [2.05, 4.69) is 10.3 Å². The monoisotopic (exact) mass is 290 g/mol. The van der Waals surface area contributed by atoms with Crippen LogP contribution >= 0.6 is 0 Å². The summed E-state index contributed by atoms with van der Waals surface area (Å²) >= 11 is 0. The summed E-state index contributed by atoms with van der Waals surface area (Å²) in [7, 11) is 0. The van der Waals surface area contributed by atoms with Crippen LogP contribution in [0.3, 0.4) is 0 Å². The molecule has 2 aromatic rings. The van der Waals surface area contributed by atoms with Crippen molar-refractivity contribution in [1.82, 2.24) is 10.3 Å². The molecule has 0 spiro atoms. The summed E-state index contributed by atoms with van der Waals surface area (Å²) in [6.45, 7) is 2.56. The fourth-order valence-corrected chi connectivity index (χ4v) is 2.08. The highest BCUT2D eigenvalue weighted by atomic mass is 19.1. The van der Waals surface area contributed by atoms with Gasteiger partial charge in [-0.1, -0.05) is 0 Å². The summed E-state index contributed by atoms with van der Waals surface area (Å²) < 4.78 is 32.1. The van der Waals surface area contributed by atoms with Crippen LogP contribution in [0.1, 0.15) is 24.1 Å². The highest BCUT2D eigenvalue weighted by Gasteiger charge is 2.20. The minimum atomic E-state index is -0.614. The first-order valence-electron chi connectivity index (χ1n) is 6.94. The Balaban J connectivity index is 1.78. The normalized spacial score (nSPS) is 14.2. The quantitative estimate of drug-likeness (QED) is 0.911. The molecule has 0 saturated heterocycles. The number of ether oxygens (including phenoxy) is 1. The predicted octanol–water partition coefficient (Wildman–Crippen LogP) is 3.71. The smallest absolute Gasteiger partial charge is 0.219 e. The van der Waals surface area contributed by atoms with Gasteiger partial charge in [-0.25, -0.2) is 13.8 Å². The second-order valence-corrected chi connectivity index (χ2v) is 5.29. The Labute approximate surface area is 122 Å². The number of benzene rings is 1. The largest absolute Gasteiger partial charge is 0.436 e. The van der Waals surface area contributed by atoms with Crippen LogP contribution < -0.4 is 10.1 Å². The van der Waals surface area contributed by atoms with Crippen molar-refractivity contribution < 1.29 is 13.5 Å². The molecular formula is C16H16F2N2O. The molecule has 21 heavy (non-hydrogen) atoms. The molecule has 3 nitrogen and oxygen atoms in total. The molecule has 1 N–H and O–H groups in total. The zero-order chi connectivity index (χ0) is 14.8. The molecule has 5 heteroatoms. The predicted molar refractivity (Wildman–Crippen MR) is 75.3 cm³/mol. The van der Waals surface area contributed by atoms with Crippen molar-refractivity contribution in [2.45, 2.75) is 32.4 Å². The number of aryl methyl sites for hydroxylation is 1. The van der Waals surface area contributed by atoms with Crippen LogP contribution in [0.2, 0.25) is 0 Å². The lowest BCUT2D eigenvalue weighted by Crippen LogP contribution is -2.15. The maximum Gasteiger partial charge on any atom is 0.219 e. The van der Waals surface area contributed by atoms with Crippen LogP contribution in [0.15, 0.2) is 30.3 Å². The average molecular weight is 290 g/mol. The highest BCUT2D eigenvalue weighted by molar-refractivity contribution is 5.32. The van der Waals surface area contributed by atoms with Crippen molar-refractivity contribution in [2.75, 3.05) is 0 Å². The van der Waals surface area contributed by atoms with Crippen LogP contribution in [0.25, 0.3) is 0 Å². The summed E-state index contributed by atoms with van der Waals surface area (Å²) in [5.41, 5.74) is 1.79. The lowest BCUT2D eigenvalue weighted by atomic mass is 10.2. The zero-order valence-electron chi connectivity index (χ0n) is 11.7. The average Bonchev–Trinajstić information content (AvgIpc) is 3.24. The molecule has 1 fully saturated rings. The maximum absolute atomic E-state index is 13.6. The Morgan fingerprint density at radius 1 is 1.24 bits per heavy atom. The van der Waals surface area contributed by atoms with E-state index in [9.17, 15) is 8.78 Å². The molecular weight excluding hydrogens is 274 g/mol. The van der Waals surface area contributed by atoms with Crippen LogP contribution in [0, 0.1) is 18.6 Å². The minimum Gasteiger partial charge on any atom is -0.436 e. The van der Waals surface area contributed by atoms with Gasteiger partial charge in [0.2, 0.25) is 5.88 Å². The number of nitrogens with zero attached hydrogens (tertiary/aromatic N) is 1. The number of aromatic nitrogens is 1. The molecule has 0 atom stereocenters. The van der Waals surface area contributed by atoms with Crippen LogP contribution in [-0.4, -0.2) is 11.0 Å². The van der Waals surface area contributed by atoms with Gasteiger partial charge in [0.25, 0.3) is 0 Å². The zero-order valence-corrected chi connectivity index (χ0v) is 11.7. The van der Waals surface area contributed by atoms with Gasteiger partial charge < -0.3 is 10.1 Å². The third kappa shape index (κ3) is 3.76. The second kappa shape index (κ2) is 5.77. The Morgan fingerprint density at radius 2 is 2.05 bits per heavy atom. The Morgan fingerprint density at radius 3 is 2.81 bits per heavy atom. The van der Waals surface area contributed by atoms with E-state index in [1.165, 1.54) is 12.8 Å². The van der Waals surface area contributed by atoms with Gasteiger partial charge >= 0.3 is 0 Å². The van der Waals surface area contributed by atoms with Gasteiger partial charge in [0.15, 0.2) is 11.6 Å². The Hall–Kier alpha value is -2.01. The van der Waals surface area contributed by atoms with E-state index >= 15 is 0 Å². The van der Waals surface area contributed by atoms with E-state index < -0.39 is 11.6 Å². The van der Waals surface area contributed by atoms with Crippen LogP contribution in [-0.2, 0) is 6.54 Å². The van der Waals surface area contributed by atoms with E-state index in [0.29, 0.717) is 6.04 Å². The van der Waals surface area contributed by atoms with Crippen molar-refractivity contribution in [3.8, 4) is 11.6 Å². The van der Waals surface area contributed by atoms with Gasteiger partial charge in [-0.2, -0.15) is 0 Å². The molecule has 3 rings (SSSR count). The van der Waals surface area contributed by atoms with Gasteiger partial charge in [0.1, 0.15) is 5.82 Å². The van der Waals surface area contributed by atoms with Crippen molar-refractivity contribution in [2.24, 2.45) is 0 Å². The first-order chi connectivity index (χ1) is 10.1.